The number of nitrogens with zero attached hydrogens (tertiary/aromatic N) is 4. The van der Waals surface area contributed by atoms with E-state index in [-0.39, 0.29) is 24.1 Å². The standard InChI is InChI=1S/C10H14N5O7P.C3H9NO/c11-8-5-9(13-2-12-8)15(3-14-5)10-7(17)6(16)4(22-10)1-21-23(18,19)20;1-3(4)2-5/h2-4,6-7,10,16-17H,1H2,(H2,11,12,13)(H2,18,19,20);3,5H,2,4H2,1H3/t4-,6-,7-,10-;/m1./s1. The van der Waals surface area contributed by atoms with Gasteiger partial charge in [0.1, 0.15) is 30.2 Å². The number of anilines is 1. The van der Waals surface area contributed by atoms with Crippen LogP contribution < -0.4 is 11.5 Å². The van der Waals surface area contributed by atoms with Gasteiger partial charge in [-0.05, 0) is 6.92 Å². The van der Waals surface area contributed by atoms with Crippen molar-refractivity contribution >= 4 is 24.8 Å². The summed E-state index contributed by atoms with van der Waals surface area (Å²) in [6.45, 7) is 1.24. The summed E-state index contributed by atoms with van der Waals surface area (Å²) in [5.41, 5.74) is 11.3. The number of phosphoric ester groups is 1. The molecular weight excluding hydrogens is 399 g/mol. The Hall–Kier alpha value is -1.74. The van der Waals surface area contributed by atoms with Gasteiger partial charge in [0.25, 0.3) is 0 Å². The minimum Gasteiger partial charge on any atom is -0.395 e. The van der Waals surface area contributed by atoms with Crippen LogP contribution in [0.1, 0.15) is 13.2 Å². The number of rotatable bonds is 5. The van der Waals surface area contributed by atoms with Gasteiger partial charge in [-0.25, -0.2) is 19.5 Å². The number of fused-ring (bicyclic) bond motifs is 1. The highest BCUT2D eigenvalue weighted by molar-refractivity contribution is 7.46. The fourth-order valence-corrected chi connectivity index (χ4v) is 2.66. The molecule has 0 aliphatic carbocycles. The van der Waals surface area contributed by atoms with Gasteiger partial charge in [0, 0.05) is 6.04 Å². The van der Waals surface area contributed by atoms with E-state index in [1.165, 1.54) is 17.2 Å². The summed E-state index contributed by atoms with van der Waals surface area (Å²) in [7, 11) is -4.72. The van der Waals surface area contributed by atoms with Crippen molar-refractivity contribution in [1.29, 1.82) is 0 Å². The minimum absolute atomic E-state index is 0.0602. The lowest BCUT2D eigenvalue weighted by atomic mass is 10.1. The zero-order valence-electron chi connectivity index (χ0n) is 14.8. The molecule has 1 fully saturated rings. The second-order valence-electron chi connectivity index (χ2n) is 6.08. The normalized spacial score (nSPS) is 26.1. The first-order valence-electron chi connectivity index (χ1n) is 8.06. The average molecular weight is 422 g/mol. The Morgan fingerprint density at radius 3 is 2.54 bits per heavy atom. The number of aromatic nitrogens is 4. The number of aliphatic hydroxyl groups is 3. The van der Waals surface area contributed by atoms with Crippen molar-refractivity contribution in [2.75, 3.05) is 18.9 Å². The van der Waals surface area contributed by atoms with E-state index < -0.39 is 39.0 Å². The van der Waals surface area contributed by atoms with Crippen molar-refractivity contribution in [3.8, 4) is 0 Å². The quantitative estimate of drug-likeness (QED) is 0.246. The molecule has 9 N–H and O–H groups in total. The Morgan fingerprint density at radius 2 is 1.96 bits per heavy atom. The maximum Gasteiger partial charge on any atom is 0.469 e. The number of imidazole rings is 1. The molecule has 1 saturated heterocycles. The second kappa shape index (κ2) is 9.17. The number of phosphoric acid groups is 1. The Morgan fingerprint density at radius 1 is 1.32 bits per heavy atom. The van der Waals surface area contributed by atoms with E-state index in [2.05, 4.69) is 19.5 Å². The fraction of sp³-hybridized carbons (Fsp3) is 0.615. The molecule has 0 amide bonds. The molecule has 15 heteroatoms. The van der Waals surface area contributed by atoms with E-state index in [9.17, 15) is 14.8 Å². The Kier molecular flexibility index (Phi) is 7.39. The summed E-state index contributed by atoms with van der Waals surface area (Å²) >= 11 is 0. The third kappa shape index (κ3) is 5.41. The summed E-state index contributed by atoms with van der Waals surface area (Å²) in [6, 6.07) is -0.0602. The van der Waals surface area contributed by atoms with Crippen molar-refractivity contribution in [2.45, 2.75) is 37.5 Å². The van der Waals surface area contributed by atoms with E-state index in [0.29, 0.717) is 5.52 Å². The van der Waals surface area contributed by atoms with Crippen molar-refractivity contribution < 1.29 is 38.9 Å². The molecule has 3 rings (SSSR count). The van der Waals surface area contributed by atoms with Crippen molar-refractivity contribution in [3.05, 3.63) is 12.7 Å². The van der Waals surface area contributed by atoms with Gasteiger partial charge in [-0.2, -0.15) is 0 Å². The molecule has 2 aromatic heterocycles. The zero-order chi connectivity index (χ0) is 21.1. The van der Waals surface area contributed by atoms with Crippen LogP contribution in [-0.4, -0.2) is 82.2 Å². The van der Waals surface area contributed by atoms with Gasteiger partial charge < -0.3 is 41.3 Å². The van der Waals surface area contributed by atoms with Crippen molar-refractivity contribution in [2.24, 2.45) is 5.73 Å². The summed E-state index contributed by atoms with van der Waals surface area (Å²) in [5, 5.41) is 28.1. The SMILES string of the molecule is CC(N)CO.Nc1ncnc2c1ncn2[C@@H]1O[C@H](COP(=O)(O)O)[C@@H](O)[C@H]1O. The second-order valence-corrected chi connectivity index (χ2v) is 7.31. The average Bonchev–Trinajstić information content (AvgIpc) is 3.16. The molecule has 3 heterocycles. The highest BCUT2D eigenvalue weighted by Gasteiger charge is 2.45. The van der Waals surface area contributed by atoms with Gasteiger partial charge in [-0.15, -0.1) is 0 Å². The van der Waals surface area contributed by atoms with Gasteiger partial charge in [0.15, 0.2) is 17.7 Å². The van der Waals surface area contributed by atoms with Crippen molar-refractivity contribution in [1.82, 2.24) is 19.5 Å². The largest absolute Gasteiger partial charge is 0.469 e. The molecule has 1 aliphatic rings. The monoisotopic (exact) mass is 422 g/mol. The van der Waals surface area contributed by atoms with E-state index in [4.69, 9.17) is 31.1 Å². The lowest BCUT2D eigenvalue weighted by Crippen LogP contribution is -2.33. The molecule has 1 unspecified atom stereocenters. The maximum atomic E-state index is 10.7. The van der Waals surface area contributed by atoms with Crippen LogP contribution in [-0.2, 0) is 13.8 Å². The minimum atomic E-state index is -4.72. The van der Waals surface area contributed by atoms with E-state index in [1.807, 2.05) is 0 Å². The third-order valence-corrected chi connectivity index (χ3v) is 4.18. The summed E-state index contributed by atoms with van der Waals surface area (Å²) in [5.74, 6) is 0.142. The predicted molar refractivity (Wildman–Crippen MR) is 94.4 cm³/mol. The van der Waals surface area contributed by atoms with Crippen molar-refractivity contribution in [3.63, 3.8) is 0 Å². The van der Waals surface area contributed by atoms with Gasteiger partial charge in [0.05, 0.1) is 19.5 Å². The number of aliphatic hydroxyl groups excluding tert-OH is 3. The van der Waals surface area contributed by atoms with Gasteiger partial charge in [0.2, 0.25) is 0 Å². The highest BCUT2D eigenvalue weighted by atomic mass is 31.2. The van der Waals surface area contributed by atoms with Crippen LogP contribution in [0.25, 0.3) is 11.2 Å². The Bertz CT molecular complexity index is 828. The molecule has 0 saturated carbocycles. The molecule has 0 radical (unpaired) electrons. The lowest BCUT2D eigenvalue weighted by molar-refractivity contribution is -0.0504. The molecule has 2 aromatic rings. The number of nitrogen functional groups attached to an aromatic ring is 1. The number of ether oxygens (including phenoxy) is 1. The number of hydrogen-bond donors (Lipinski definition) is 7. The number of hydrogen-bond acceptors (Lipinski definition) is 11. The van der Waals surface area contributed by atoms with Crippen LogP contribution in [0.2, 0.25) is 0 Å². The first-order chi connectivity index (χ1) is 13.0. The highest BCUT2D eigenvalue weighted by Crippen LogP contribution is 2.38. The lowest BCUT2D eigenvalue weighted by Gasteiger charge is -2.16. The van der Waals surface area contributed by atoms with Gasteiger partial charge in [-0.1, -0.05) is 0 Å². The first-order valence-corrected chi connectivity index (χ1v) is 9.59. The maximum absolute atomic E-state index is 10.7. The molecule has 0 spiro atoms. The van der Waals surface area contributed by atoms with E-state index >= 15 is 0 Å². The molecule has 14 nitrogen and oxygen atoms in total. The molecule has 158 valence electrons. The van der Waals surface area contributed by atoms with Crippen LogP contribution in [0.15, 0.2) is 12.7 Å². The molecule has 1 aliphatic heterocycles. The molecule has 0 bridgehead atoms. The molecule has 28 heavy (non-hydrogen) atoms. The Balaban J connectivity index is 0.000000500. The zero-order valence-corrected chi connectivity index (χ0v) is 15.7. The summed E-state index contributed by atoms with van der Waals surface area (Å²) in [4.78, 5) is 29.2. The van der Waals surface area contributed by atoms with Crippen LogP contribution in [0.3, 0.4) is 0 Å². The van der Waals surface area contributed by atoms with Crippen LogP contribution in [0.4, 0.5) is 5.82 Å². The van der Waals surface area contributed by atoms with Crippen LogP contribution in [0, 0.1) is 0 Å². The Labute approximate surface area is 159 Å². The fourth-order valence-electron chi connectivity index (χ4n) is 2.32. The van der Waals surface area contributed by atoms with E-state index in [0.717, 1.165) is 0 Å². The molecular formula is C13H23N6O8P. The van der Waals surface area contributed by atoms with Crippen LogP contribution in [0.5, 0.6) is 0 Å². The van der Waals surface area contributed by atoms with Crippen LogP contribution >= 0.6 is 7.82 Å². The van der Waals surface area contributed by atoms with E-state index in [1.54, 1.807) is 6.92 Å². The number of nitrogens with two attached hydrogens (primary N) is 2. The summed E-state index contributed by atoms with van der Waals surface area (Å²) in [6.07, 6.45) is -2.49. The topological polar surface area (TPSA) is 232 Å². The predicted octanol–water partition coefficient (Wildman–Crippen LogP) is -2.54. The smallest absolute Gasteiger partial charge is 0.395 e. The van der Waals surface area contributed by atoms with Gasteiger partial charge >= 0.3 is 7.82 Å². The van der Waals surface area contributed by atoms with Gasteiger partial charge in [-0.3, -0.25) is 9.09 Å². The third-order valence-electron chi connectivity index (χ3n) is 3.69. The molecule has 0 aromatic carbocycles. The molecule has 5 atom stereocenters. The summed E-state index contributed by atoms with van der Waals surface area (Å²) < 4.78 is 21.8. The first kappa shape index (κ1) is 22.5.